The molecule has 1 fully saturated rings. The summed E-state index contributed by atoms with van der Waals surface area (Å²) in [6.45, 7) is 3.13. The molecule has 1 aliphatic rings. The van der Waals surface area contributed by atoms with Gasteiger partial charge in [-0.3, -0.25) is 9.59 Å². The van der Waals surface area contributed by atoms with E-state index in [9.17, 15) is 18.0 Å². The number of sulfonamides is 1. The van der Waals surface area contributed by atoms with Crippen molar-refractivity contribution in [2.45, 2.75) is 31.1 Å². The predicted molar refractivity (Wildman–Crippen MR) is 118 cm³/mol. The number of rotatable bonds is 6. The summed E-state index contributed by atoms with van der Waals surface area (Å²) in [5.41, 5.74) is 2.14. The van der Waals surface area contributed by atoms with Crippen molar-refractivity contribution < 1.29 is 18.0 Å². The van der Waals surface area contributed by atoms with Gasteiger partial charge in [0.1, 0.15) is 0 Å². The Morgan fingerprint density at radius 1 is 0.967 bits per heavy atom. The van der Waals surface area contributed by atoms with Crippen LogP contribution in [0, 0.1) is 0 Å². The summed E-state index contributed by atoms with van der Waals surface area (Å²) in [6.07, 6.45) is 3.21. The van der Waals surface area contributed by atoms with E-state index < -0.39 is 10.0 Å². The van der Waals surface area contributed by atoms with Crippen LogP contribution in [-0.2, 0) is 10.0 Å². The summed E-state index contributed by atoms with van der Waals surface area (Å²) >= 11 is 0. The van der Waals surface area contributed by atoms with E-state index >= 15 is 0 Å². The molecule has 30 heavy (non-hydrogen) atoms. The number of Topliss-reactive ketones (excluding diaryl/α,β-unsaturated/α-hetero) is 1. The summed E-state index contributed by atoms with van der Waals surface area (Å²) in [7, 11) is -0.746. The molecular weight excluding hydrogens is 402 g/mol. The third-order valence-corrected chi connectivity index (χ3v) is 7.05. The number of nitrogens with one attached hydrogen (secondary N) is 1. The highest BCUT2D eigenvalue weighted by Gasteiger charge is 2.24. The largest absolute Gasteiger partial charge is 0.371 e. The standard InChI is InChI=1S/C22H27N3O4S/c1-16(26)17-7-9-18(10-8-17)23-22(27)20-15-19(30(28,29)24(2)3)11-12-21(20)25-13-5-4-6-14-25/h7-12,15H,4-6,13-14H2,1-3H3,(H,23,27). The Balaban J connectivity index is 1.97. The number of benzene rings is 2. The normalized spacial score (nSPS) is 14.6. The number of hydrogen-bond acceptors (Lipinski definition) is 5. The van der Waals surface area contributed by atoms with Gasteiger partial charge in [-0.2, -0.15) is 0 Å². The van der Waals surface area contributed by atoms with Gasteiger partial charge in [-0.15, -0.1) is 0 Å². The molecule has 0 spiro atoms. The van der Waals surface area contributed by atoms with E-state index in [-0.39, 0.29) is 16.6 Å². The molecule has 0 atom stereocenters. The highest BCUT2D eigenvalue weighted by Crippen LogP contribution is 2.28. The van der Waals surface area contributed by atoms with Crippen LogP contribution in [0.2, 0.25) is 0 Å². The van der Waals surface area contributed by atoms with Crippen molar-refractivity contribution >= 4 is 33.1 Å². The van der Waals surface area contributed by atoms with Crippen LogP contribution in [0.15, 0.2) is 47.4 Å². The monoisotopic (exact) mass is 429 g/mol. The zero-order valence-electron chi connectivity index (χ0n) is 17.5. The van der Waals surface area contributed by atoms with Crippen molar-refractivity contribution in [1.29, 1.82) is 0 Å². The van der Waals surface area contributed by atoms with Crippen molar-refractivity contribution in [3.8, 4) is 0 Å². The second-order valence-electron chi connectivity index (χ2n) is 7.60. The Labute approximate surface area is 177 Å². The van der Waals surface area contributed by atoms with Crippen molar-refractivity contribution in [2.24, 2.45) is 0 Å². The summed E-state index contributed by atoms with van der Waals surface area (Å²) in [5.74, 6) is -0.441. The summed E-state index contributed by atoms with van der Waals surface area (Å²) in [4.78, 5) is 26.8. The van der Waals surface area contributed by atoms with Gasteiger partial charge in [0.05, 0.1) is 10.5 Å². The van der Waals surface area contributed by atoms with Crippen LogP contribution in [0.4, 0.5) is 11.4 Å². The Morgan fingerprint density at radius 3 is 2.17 bits per heavy atom. The molecule has 1 amide bonds. The number of carbonyl (C=O) groups is 2. The maximum Gasteiger partial charge on any atom is 0.257 e. The molecule has 0 radical (unpaired) electrons. The van der Waals surface area contributed by atoms with Crippen molar-refractivity contribution in [3.05, 3.63) is 53.6 Å². The second-order valence-corrected chi connectivity index (χ2v) is 9.75. The minimum absolute atomic E-state index is 0.0538. The lowest BCUT2D eigenvalue weighted by molar-refractivity contribution is 0.101. The van der Waals surface area contributed by atoms with Gasteiger partial charge in [0.15, 0.2) is 5.78 Å². The molecule has 0 saturated carbocycles. The molecule has 0 aliphatic carbocycles. The Bertz CT molecular complexity index is 1040. The number of hydrogen-bond donors (Lipinski definition) is 1. The van der Waals surface area contributed by atoms with Crippen molar-refractivity contribution in [1.82, 2.24) is 4.31 Å². The summed E-state index contributed by atoms with van der Waals surface area (Å²) in [6, 6.07) is 11.3. The lowest BCUT2D eigenvalue weighted by Gasteiger charge is -2.30. The number of amides is 1. The Morgan fingerprint density at radius 2 is 1.60 bits per heavy atom. The predicted octanol–water partition coefficient (Wildman–Crippen LogP) is 3.38. The van der Waals surface area contributed by atoms with E-state index in [2.05, 4.69) is 10.2 Å². The highest BCUT2D eigenvalue weighted by molar-refractivity contribution is 7.89. The number of nitrogens with zero attached hydrogens (tertiary/aromatic N) is 2. The van der Waals surface area contributed by atoms with Gasteiger partial charge >= 0.3 is 0 Å². The molecule has 8 heteroatoms. The zero-order valence-corrected chi connectivity index (χ0v) is 18.3. The van der Waals surface area contributed by atoms with Crippen LogP contribution in [-0.4, -0.2) is 51.6 Å². The third-order valence-electron chi connectivity index (χ3n) is 5.24. The molecule has 160 valence electrons. The van der Waals surface area contributed by atoms with Crippen LogP contribution in [0.25, 0.3) is 0 Å². The minimum Gasteiger partial charge on any atom is -0.371 e. The third kappa shape index (κ3) is 4.71. The van der Waals surface area contributed by atoms with E-state index in [0.29, 0.717) is 16.8 Å². The van der Waals surface area contributed by atoms with E-state index in [1.807, 2.05) is 0 Å². The molecule has 3 rings (SSSR count). The number of carbonyl (C=O) groups excluding carboxylic acids is 2. The first-order chi connectivity index (χ1) is 14.2. The van der Waals surface area contributed by atoms with Crippen molar-refractivity contribution in [3.63, 3.8) is 0 Å². The highest BCUT2D eigenvalue weighted by atomic mass is 32.2. The van der Waals surface area contributed by atoms with Crippen LogP contribution in [0.1, 0.15) is 46.9 Å². The fraction of sp³-hybridized carbons (Fsp3) is 0.364. The molecule has 1 saturated heterocycles. The van der Waals surface area contributed by atoms with Crippen LogP contribution >= 0.6 is 0 Å². The lowest BCUT2D eigenvalue weighted by Crippen LogP contribution is -2.32. The van der Waals surface area contributed by atoms with Crippen LogP contribution in [0.5, 0.6) is 0 Å². The van der Waals surface area contributed by atoms with Gasteiger partial charge < -0.3 is 10.2 Å². The topological polar surface area (TPSA) is 86.8 Å². The minimum atomic E-state index is -3.67. The fourth-order valence-electron chi connectivity index (χ4n) is 3.47. The first kappa shape index (κ1) is 22.0. The molecule has 0 aromatic heterocycles. The molecule has 2 aromatic carbocycles. The van der Waals surface area contributed by atoms with Gasteiger partial charge in [-0.1, -0.05) is 0 Å². The van der Waals surface area contributed by atoms with E-state index in [1.165, 1.54) is 27.1 Å². The van der Waals surface area contributed by atoms with E-state index in [0.717, 1.165) is 42.3 Å². The zero-order chi connectivity index (χ0) is 21.9. The maximum atomic E-state index is 13.1. The molecule has 1 N–H and O–H groups in total. The van der Waals surface area contributed by atoms with Crippen molar-refractivity contribution in [2.75, 3.05) is 37.4 Å². The van der Waals surface area contributed by atoms with E-state index in [4.69, 9.17) is 0 Å². The SMILES string of the molecule is CC(=O)c1ccc(NC(=O)c2cc(S(=O)(=O)N(C)C)ccc2N2CCCCC2)cc1. The van der Waals surface area contributed by atoms with Gasteiger partial charge in [0.25, 0.3) is 5.91 Å². The van der Waals surface area contributed by atoms with Gasteiger partial charge in [-0.05, 0) is 68.7 Å². The van der Waals surface area contributed by atoms with Gasteiger partial charge in [0, 0.05) is 44.1 Å². The molecule has 1 heterocycles. The molecule has 0 bridgehead atoms. The summed E-state index contributed by atoms with van der Waals surface area (Å²) < 4.78 is 26.3. The average molecular weight is 430 g/mol. The second kappa shape index (κ2) is 8.97. The molecule has 2 aromatic rings. The lowest BCUT2D eigenvalue weighted by atomic mass is 10.1. The summed E-state index contributed by atoms with van der Waals surface area (Å²) in [5, 5.41) is 2.83. The van der Waals surface area contributed by atoms with Gasteiger partial charge in [-0.25, -0.2) is 12.7 Å². The maximum absolute atomic E-state index is 13.1. The molecule has 0 unspecified atom stereocenters. The average Bonchev–Trinajstić information content (AvgIpc) is 2.74. The van der Waals surface area contributed by atoms with Crippen LogP contribution < -0.4 is 10.2 Å². The Hall–Kier alpha value is -2.71. The van der Waals surface area contributed by atoms with Crippen LogP contribution in [0.3, 0.4) is 0 Å². The Kier molecular flexibility index (Phi) is 6.58. The quantitative estimate of drug-likeness (QED) is 0.712. The number of ketones is 1. The first-order valence-electron chi connectivity index (χ1n) is 9.94. The first-order valence-corrected chi connectivity index (χ1v) is 11.4. The molecule has 1 aliphatic heterocycles. The number of anilines is 2. The van der Waals surface area contributed by atoms with Gasteiger partial charge in [0.2, 0.25) is 10.0 Å². The van der Waals surface area contributed by atoms with E-state index in [1.54, 1.807) is 36.4 Å². The fourth-order valence-corrected chi connectivity index (χ4v) is 4.39. The smallest absolute Gasteiger partial charge is 0.257 e. The molecule has 7 nitrogen and oxygen atoms in total. The molecular formula is C22H27N3O4S. The number of piperidine rings is 1.